The molecule has 2 unspecified atom stereocenters. The summed E-state index contributed by atoms with van der Waals surface area (Å²) in [6.07, 6.45) is 0.718. The zero-order valence-electron chi connectivity index (χ0n) is 19.2. The molecule has 174 valence electrons. The van der Waals surface area contributed by atoms with Crippen LogP contribution < -0.4 is 20.3 Å². The molecule has 7 nitrogen and oxygen atoms in total. The molecule has 0 saturated carbocycles. The van der Waals surface area contributed by atoms with Crippen molar-refractivity contribution in [1.82, 2.24) is 0 Å². The molecule has 3 amide bonds. The zero-order chi connectivity index (χ0) is 24.1. The van der Waals surface area contributed by atoms with Gasteiger partial charge >= 0.3 is 0 Å². The molecule has 0 spiro atoms. The summed E-state index contributed by atoms with van der Waals surface area (Å²) in [5.74, 6) is -0.0958. The quantitative estimate of drug-likeness (QED) is 0.558. The normalized spacial score (nSPS) is 17.7. The highest BCUT2D eigenvalue weighted by Crippen LogP contribution is 2.40. The molecule has 0 aliphatic carbocycles. The van der Waals surface area contributed by atoms with Gasteiger partial charge in [0.05, 0.1) is 19.1 Å². The first-order valence-electron chi connectivity index (χ1n) is 11.2. The second-order valence-corrected chi connectivity index (χ2v) is 8.21. The minimum atomic E-state index is -0.450. The van der Waals surface area contributed by atoms with Crippen molar-refractivity contribution in [2.24, 2.45) is 5.92 Å². The van der Waals surface area contributed by atoms with E-state index >= 15 is 0 Å². The fourth-order valence-corrected chi connectivity index (χ4v) is 4.32. The molecule has 7 heteroatoms. The van der Waals surface area contributed by atoms with Gasteiger partial charge in [-0.05, 0) is 60.5 Å². The van der Waals surface area contributed by atoms with Crippen LogP contribution in [0.3, 0.4) is 0 Å². The first kappa shape index (κ1) is 23.0. The van der Waals surface area contributed by atoms with Crippen LogP contribution in [0, 0.1) is 5.92 Å². The fraction of sp³-hybridized carbons (Fsp3) is 0.222. The molecular formula is C27H27N3O4. The number of hydrogen-bond donors (Lipinski definition) is 2. The molecule has 2 N–H and O–H groups in total. The number of anilines is 3. The molecule has 1 aliphatic heterocycles. The summed E-state index contributed by atoms with van der Waals surface area (Å²) in [6.45, 7) is 1.44. The van der Waals surface area contributed by atoms with E-state index in [4.69, 9.17) is 4.74 Å². The van der Waals surface area contributed by atoms with E-state index in [1.54, 1.807) is 36.3 Å². The van der Waals surface area contributed by atoms with Crippen LogP contribution >= 0.6 is 0 Å². The molecule has 2 atom stereocenters. The average Bonchev–Trinajstić information content (AvgIpc) is 2.85. The number of nitrogens with one attached hydrogen (secondary N) is 2. The van der Waals surface area contributed by atoms with Gasteiger partial charge in [-0.25, -0.2) is 0 Å². The molecule has 1 saturated heterocycles. The van der Waals surface area contributed by atoms with E-state index in [9.17, 15) is 14.4 Å². The third-order valence-corrected chi connectivity index (χ3v) is 5.90. The first-order chi connectivity index (χ1) is 16.5. The van der Waals surface area contributed by atoms with E-state index in [1.807, 2.05) is 54.6 Å². The SMILES string of the molecule is COc1ccc(N2C(=O)CCC(C(=O)Nc3ccc(NC(C)=O)cc3)C2c2ccccc2)cc1. The molecule has 3 aromatic carbocycles. The van der Waals surface area contributed by atoms with Gasteiger partial charge in [0.1, 0.15) is 5.75 Å². The Labute approximate surface area is 198 Å². The number of carbonyl (C=O) groups is 3. The Morgan fingerprint density at radius 3 is 2.09 bits per heavy atom. The second-order valence-electron chi connectivity index (χ2n) is 8.21. The van der Waals surface area contributed by atoms with Crippen LogP contribution in [-0.4, -0.2) is 24.8 Å². The maximum absolute atomic E-state index is 13.5. The number of benzene rings is 3. The maximum atomic E-state index is 13.5. The van der Waals surface area contributed by atoms with Crippen molar-refractivity contribution in [2.45, 2.75) is 25.8 Å². The Balaban J connectivity index is 1.64. The van der Waals surface area contributed by atoms with E-state index in [-0.39, 0.29) is 24.1 Å². The summed E-state index contributed by atoms with van der Waals surface area (Å²) in [5, 5.41) is 5.70. The predicted molar refractivity (Wildman–Crippen MR) is 132 cm³/mol. The highest BCUT2D eigenvalue weighted by atomic mass is 16.5. The lowest BCUT2D eigenvalue weighted by Crippen LogP contribution is -2.46. The van der Waals surface area contributed by atoms with Gasteiger partial charge in [-0.2, -0.15) is 0 Å². The van der Waals surface area contributed by atoms with Crippen LogP contribution in [-0.2, 0) is 14.4 Å². The van der Waals surface area contributed by atoms with Gasteiger partial charge < -0.3 is 20.3 Å². The van der Waals surface area contributed by atoms with E-state index in [2.05, 4.69) is 10.6 Å². The highest BCUT2D eigenvalue weighted by Gasteiger charge is 2.41. The van der Waals surface area contributed by atoms with Crippen LogP contribution in [0.1, 0.15) is 31.4 Å². The molecule has 0 radical (unpaired) electrons. The van der Waals surface area contributed by atoms with Crippen LogP contribution in [0.25, 0.3) is 0 Å². The molecular weight excluding hydrogens is 430 g/mol. The topological polar surface area (TPSA) is 87.7 Å². The maximum Gasteiger partial charge on any atom is 0.229 e. The van der Waals surface area contributed by atoms with E-state index in [1.165, 1.54) is 6.92 Å². The van der Waals surface area contributed by atoms with Crippen molar-refractivity contribution in [2.75, 3.05) is 22.6 Å². The van der Waals surface area contributed by atoms with Gasteiger partial charge in [0.25, 0.3) is 0 Å². The average molecular weight is 458 g/mol. The number of amides is 3. The first-order valence-corrected chi connectivity index (χ1v) is 11.2. The standard InChI is InChI=1S/C27H27N3O4/c1-18(31)28-20-8-10-21(11-9-20)29-27(33)24-16-17-25(32)30(22-12-14-23(34-2)15-13-22)26(24)19-6-4-3-5-7-19/h3-15,24,26H,16-17H2,1-2H3,(H,28,31)(H,29,33). The second kappa shape index (κ2) is 10.2. The summed E-state index contributed by atoms with van der Waals surface area (Å²) in [7, 11) is 1.59. The summed E-state index contributed by atoms with van der Waals surface area (Å²) >= 11 is 0. The Hall–Kier alpha value is -4.13. The Morgan fingerprint density at radius 2 is 1.50 bits per heavy atom. The number of piperidine rings is 1. The van der Waals surface area contributed by atoms with Crippen LogP contribution in [0.5, 0.6) is 5.75 Å². The molecule has 0 bridgehead atoms. The number of rotatable bonds is 6. The fourth-order valence-electron chi connectivity index (χ4n) is 4.32. The van der Waals surface area contributed by atoms with Crippen molar-refractivity contribution < 1.29 is 19.1 Å². The Kier molecular flexibility index (Phi) is 6.92. The summed E-state index contributed by atoms with van der Waals surface area (Å²) in [4.78, 5) is 39.5. The minimum absolute atomic E-state index is 0.0253. The zero-order valence-corrected chi connectivity index (χ0v) is 19.2. The lowest BCUT2D eigenvalue weighted by Gasteiger charge is -2.41. The molecule has 1 heterocycles. The number of nitrogens with zero attached hydrogens (tertiary/aromatic N) is 1. The lowest BCUT2D eigenvalue weighted by molar-refractivity contribution is -0.126. The molecule has 4 rings (SSSR count). The van der Waals surface area contributed by atoms with E-state index in [0.29, 0.717) is 23.5 Å². The van der Waals surface area contributed by atoms with Crippen molar-refractivity contribution >= 4 is 34.8 Å². The molecule has 0 aromatic heterocycles. The number of methoxy groups -OCH3 is 1. The number of hydrogen-bond acceptors (Lipinski definition) is 4. The molecule has 1 fully saturated rings. The third kappa shape index (κ3) is 5.09. The monoisotopic (exact) mass is 457 g/mol. The lowest BCUT2D eigenvalue weighted by atomic mass is 9.83. The van der Waals surface area contributed by atoms with E-state index in [0.717, 1.165) is 11.3 Å². The molecule has 1 aliphatic rings. The van der Waals surface area contributed by atoms with Gasteiger partial charge in [-0.15, -0.1) is 0 Å². The summed E-state index contributed by atoms with van der Waals surface area (Å²) in [6, 6.07) is 23.5. The smallest absolute Gasteiger partial charge is 0.229 e. The number of ether oxygens (including phenoxy) is 1. The van der Waals surface area contributed by atoms with Gasteiger partial charge in [0.2, 0.25) is 17.7 Å². The molecule has 34 heavy (non-hydrogen) atoms. The number of carbonyl (C=O) groups excluding carboxylic acids is 3. The van der Waals surface area contributed by atoms with Crippen molar-refractivity contribution in [1.29, 1.82) is 0 Å². The van der Waals surface area contributed by atoms with E-state index < -0.39 is 12.0 Å². The van der Waals surface area contributed by atoms with Gasteiger partial charge in [0.15, 0.2) is 0 Å². The highest BCUT2D eigenvalue weighted by molar-refractivity contribution is 6.00. The van der Waals surface area contributed by atoms with Crippen LogP contribution in [0.15, 0.2) is 78.9 Å². The van der Waals surface area contributed by atoms with Gasteiger partial charge in [0, 0.05) is 30.4 Å². The largest absolute Gasteiger partial charge is 0.497 e. The Morgan fingerprint density at radius 1 is 0.882 bits per heavy atom. The van der Waals surface area contributed by atoms with Crippen LogP contribution in [0.4, 0.5) is 17.1 Å². The predicted octanol–water partition coefficient (Wildman–Crippen LogP) is 4.78. The summed E-state index contributed by atoms with van der Waals surface area (Å²) in [5.41, 5.74) is 2.89. The van der Waals surface area contributed by atoms with Gasteiger partial charge in [-0.1, -0.05) is 30.3 Å². The van der Waals surface area contributed by atoms with Crippen LogP contribution in [0.2, 0.25) is 0 Å². The van der Waals surface area contributed by atoms with Crippen molar-refractivity contribution in [3.63, 3.8) is 0 Å². The van der Waals surface area contributed by atoms with Crippen molar-refractivity contribution in [3.05, 3.63) is 84.4 Å². The Bertz CT molecular complexity index is 1160. The summed E-state index contributed by atoms with van der Waals surface area (Å²) < 4.78 is 5.26. The third-order valence-electron chi connectivity index (χ3n) is 5.90. The molecule has 3 aromatic rings. The minimum Gasteiger partial charge on any atom is -0.497 e. The van der Waals surface area contributed by atoms with Gasteiger partial charge in [-0.3, -0.25) is 14.4 Å². The van der Waals surface area contributed by atoms with Crippen molar-refractivity contribution in [3.8, 4) is 5.75 Å².